The van der Waals surface area contributed by atoms with Crippen LogP contribution >= 0.6 is 0 Å². The van der Waals surface area contributed by atoms with Crippen molar-refractivity contribution < 1.29 is 13.2 Å². The number of carbonyl (C=O) groups is 1. The zero-order valence-corrected chi connectivity index (χ0v) is 10.2. The van der Waals surface area contributed by atoms with Crippen molar-refractivity contribution in [2.24, 2.45) is 5.73 Å². The van der Waals surface area contributed by atoms with Crippen LogP contribution in [0, 0.1) is 0 Å². The summed E-state index contributed by atoms with van der Waals surface area (Å²) in [6.45, 7) is 0. The smallest absolute Gasteiger partial charge is 0.223 e. The molecule has 0 saturated heterocycles. The maximum absolute atomic E-state index is 10.9. The predicted octanol–water partition coefficient (Wildman–Crippen LogP) is -0.692. The Bertz CT molecular complexity index is 483. The number of rotatable bonds is 6. The second-order valence-corrected chi connectivity index (χ2v) is 5.77. The highest BCUT2D eigenvalue weighted by Gasteiger charge is 2.03. The summed E-state index contributed by atoms with van der Waals surface area (Å²) in [4.78, 5) is 18.4. The molecule has 1 rings (SSSR count). The molecule has 0 fully saturated rings. The summed E-state index contributed by atoms with van der Waals surface area (Å²) >= 11 is 0. The monoisotopic (exact) mass is 258 g/mol. The van der Waals surface area contributed by atoms with E-state index in [0.29, 0.717) is 6.42 Å². The largest absolute Gasteiger partial charge is 0.370 e. The van der Waals surface area contributed by atoms with Crippen LogP contribution in [0.4, 0.5) is 5.95 Å². The van der Waals surface area contributed by atoms with Gasteiger partial charge < -0.3 is 11.1 Å². The second kappa shape index (κ2) is 5.58. The maximum atomic E-state index is 10.9. The third kappa shape index (κ3) is 5.81. The van der Waals surface area contributed by atoms with E-state index < -0.39 is 9.84 Å². The summed E-state index contributed by atoms with van der Waals surface area (Å²) in [6.07, 6.45) is 4.88. The number of hydrogen-bond donors (Lipinski definition) is 2. The van der Waals surface area contributed by atoms with Gasteiger partial charge in [-0.15, -0.1) is 0 Å². The number of aromatic nitrogens is 2. The molecule has 0 unspecified atom stereocenters. The van der Waals surface area contributed by atoms with Crippen molar-refractivity contribution in [1.82, 2.24) is 9.97 Å². The number of amides is 1. The molecule has 1 heterocycles. The molecule has 0 bridgehead atoms. The number of hydrogen-bond acceptors (Lipinski definition) is 6. The van der Waals surface area contributed by atoms with Gasteiger partial charge in [0.25, 0.3) is 0 Å². The van der Waals surface area contributed by atoms with Crippen LogP contribution in [-0.4, -0.2) is 36.4 Å². The van der Waals surface area contributed by atoms with Gasteiger partial charge in [0.2, 0.25) is 11.9 Å². The molecule has 7 nitrogen and oxygen atoms in total. The van der Waals surface area contributed by atoms with Crippen molar-refractivity contribution >= 4 is 21.7 Å². The van der Waals surface area contributed by atoms with E-state index in [1.165, 1.54) is 12.4 Å². The first kappa shape index (κ1) is 13.4. The van der Waals surface area contributed by atoms with Crippen LogP contribution in [0.5, 0.6) is 0 Å². The number of aryl methyl sites for hydroxylation is 1. The molecule has 8 heteroatoms. The van der Waals surface area contributed by atoms with E-state index in [4.69, 9.17) is 5.73 Å². The van der Waals surface area contributed by atoms with Crippen LogP contribution in [0.2, 0.25) is 0 Å². The van der Waals surface area contributed by atoms with Crippen molar-refractivity contribution in [2.75, 3.05) is 17.4 Å². The SMILES string of the molecule is CS(=O)(=O)CNc1ncc(CCC(N)=O)cn1. The fourth-order valence-electron chi connectivity index (χ4n) is 1.04. The third-order valence-electron chi connectivity index (χ3n) is 1.86. The number of nitrogens with one attached hydrogen (secondary N) is 1. The molecule has 0 spiro atoms. The third-order valence-corrected chi connectivity index (χ3v) is 2.53. The summed E-state index contributed by atoms with van der Waals surface area (Å²) in [5.41, 5.74) is 5.78. The predicted molar refractivity (Wildman–Crippen MR) is 62.9 cm³/mol. The highest BCUT2D eigenvalue weighted by atomic mass is 32.2. The molecule has 94 valence electrons. The van der Waals surface area contributed by atoms with E-state index in [0.717, 1.165) is 11.8 Å². The molecule has 0 aliphatic heterocycles. The van der Waals surface area contributed by atoms with E-state index in [1.807, 2.05) is 0 Å². The zero-order valence-electron chi connectivity index (χ0n) is 9.38. The average molecular weight is 258 g/mol. The maximum Gasteiger partial charge on any atom is 0.223 e. The standard InChI is InChI=1S/C9H14N4O3S/c1-17(15,16)6-13-9-11-4-7(5-12-9)2-3-8(10)14/h4-5H,2-3,6H2,1H3,(H2,10,14)(H,11,12,13). The molecular formula is C9H14N4O3S. The van der Waals surface area contributed by atoms with E-state index >= 15 is 0 Å². The molecule has 17 heavy (non-hydrogen) atoms. The van der Waals surface area contributed by atoms with Gasteiger partial charge >= 0.3 is 0 Å². The van der Waals surface area contributed by atoms with Gasteiger partial charge in [0.15, 0.2) is 9.84 Å². The first-order valence-electron chi connectivity index (χ1n) is 4.87. The Morgan fingerprint density at radius 1 is 1.41 bits per heavy atom. The van der Waals surface area contributed by atoms with E-state index in [9.17, 15) is 13.2 Å². The van der Waals surface area contributed by atoms with E-state index in [2.05, 4.69) is 15.3 Å². The van der Waals surface area contributed by atoms with Crippen molar-refractivity contribution in [3.05, 3.63) is 18.0 Å². The van der Waals surface area contributed by atoms with Crippen LogP contribution in [0.15, 0.2) is 12.4 Å². The Hall–Kier alpha value is -1.70. The summed E-state index contributed by atoms with van der Waals surface area (Å²) in [6, 6.07) is 0. The first-order valence-corrected chi connectivity index (χ1v) is 6.94. The Kier molecular flexibility index (Phi) is 4.38. The average Bonchev–Trinajstić information content (AvgIpc) is 2.24. The molecule has 1 amide bonds. The van der Waals surface area contributed by atoms with Crippen molar-refractivity contribution in [2.45, 2.75) is 12.8 Å². The number of nitrogens with zero attached hydrogens (tertiary/aromatic N) is 2. The van der Waals surface area contributed by atoms with Crippen molar-refractivity contribution in [3.63, 3.8) is 0 Å². The highest BCUT2D eigenvalue weighted by molar-refractivity contribution is 7.90. The van der Waals surface area contributed by atoms with Gasteiger partial charge in [-0.25, -0.2) is 18.4 Å². The molecule has 3 N–H and O–H groups in total. The lowest BCUT2D eigenvalue weighted by molar-refractivity contribution is -0.117. The van der Waals surface area contributed by atoms with Crippen molar-refractivity contribution in [1.29, 1.82) is 0 Å². The fraction of sp³-hybridized carbons (Fsp3) is 0.444. The molecule has 0 aliphatic rings. The second-order valence-electron chi connectivity index (χ2n) is 3.63. The Labute approximate surface area is 99.4 Å². The van der Waals surface area contributed by atoms with Crippen LogP contribution in [0.3, 0.4) is 0 Å². The summed E-state index contributed by atoms with van der Waals surface area (Å²) in [5.74, 6) is -0.365. The van der Waals surface area contributed by atoms with Crippen LogP contribution < -0.4 is 11.1 Å². The molecule has 0 atom stereocenters. The fourth-order valence-corrected chi connectivity index (χ4v) is 1.43. The molecule has 0 radical (unpaired) electrons. The summed E-state index contributed by atoms with van der Waals surface area (Å²) < 4.78 is 21.8. The Morgan fingerprint density at radius 2 is 2.00 bits per heavy atom. The zero-order chi connectivity index (χ0) is 12.9. The quantitative estimate of drug-likeness (QED) is 0.697. The van der Waals surface area contributed by atoms with Gasteiger partial charge in [0.1, 0.15) is 5.88 Å². The van der Waals surface area contributed by atoms with Crippen LogP contribution in [0.25, 0.3) is 0 Å². The molecule has 1 aromatic rings. The van der Waals surface area contributed by atoms with Gasteiger partial charge in [-0.05, 0) is 12.0 Å². The van der Waals surface area contributed by atoms with E-state index in [1.54, 1.807) is 0 Å². The lowest BCUT2D eigenvalue weighted by Gasteiger charge is -2.03. The molecule has 0 saturated carbocycles. The summed E-state index contributed by atoms with van der Waals surface area (Å²) in [7, 11) is -3.11. The van der Waals surface area contributed by atoms with Gasteiger partial charge in [0.05, 0.1) is 0 Å². The molecular weight excluding hydrogens is 244 g/mol. The number of anilines is 1. The lowest BCUT2D eigenvalue weighted by atomic mass is 10.2. The lowest BCUT2D eigenvalue weighted by Crippen LogP contribution is -2.14. The Balaban J connectivity index is 2.53. The minimum Gasteiger partial charge on any atom is -0.370 e. The minimum atomic E-state index is -3.11. The summed E-state index contributed by atoms with van der Waals surface area (Å²) in [5, 5.41) is 2.57. The van der Waals surface area contributed by atoms with E-state index in [-0.39, 0.29) is 24.2 Å². The molecule has 0 aromatic carbocycles. The highest BCUT2D eigenvalue weighted by Crippen LogP contribution is 2.03. The number of carbonyl (C=O) groups excluding carboxylic acids is 1. The van der Waals surface area contributed by atoms with Gasteiger partial charge in [-0.2, -0.15) is 0 Å². The molecule has 1 aromatic heterocycles. The van der Waals surface area contributed by atoms with Gasteiger partial charge in [-0.1, -0.05) is 0 Å². The minimum absolute atomic E-state index is 0.215. The van der Waals surface area contributed by atoms with Crippen molar-refractivity contribution in [3.8, 4) is 0 Å². The first-order chi connectivity index (χ1) is 7.87. The number of nitrogens with two attached hydrogens (primary N) is 1. The van der Waals surface area contributed by atoms with Crippen LogP contribution in [-0.2, 0) is 21.1 Å². The number of sulfone groups is 1. The normalized spacial score (nSPS) is 11.1. The van der Waals surface area contributed by atoms with Gasteiger partial charge in [0, 0.05) is 25.1 Å². The molecule has 0 aliphatic carbocycles. The topological polar surface area (TPSA) is 115 Å². The Morgan fingerprint density at radius 3 is 2.47 bits per heavy atom. The van der Waals surface area contributed by atoms with Gasteiger partial charge in [-0.3, -0.25) is 4.79 Å². The number of primary amides is 1. The van der Waals surface area contributed by atoms with Crippen LogP contribution in [0.1, 0.15) is 12.0 Å².